The molecule has 25 heavy (non-hydrogen) atoms. The maximum atomic E-state index is 12.0. The molecule has 1 aromatic carbocycles. The minimum Gasteiger partial charge on any atom is -0.385 e. The van der Waals surface area contributed by atoms with Gasteiger partial charge in [0.15, 0.2) is 0 Å². The van der Waals surface area contributed by atoms with Gasteiger partial charge in [-0.3, -0.25) is 4.79 Å². The highest BCUT2D eigenvalue weighted by atomic mass is 35.5. The van der Waals surface area contributed by atoms with Crippen molar-refractivity contribution in [3.8, 4) is 0 Å². The molecule has 0 aliphatic rings. The van der Waals surface area contributed by atoms with E-state index in [1.807, 2.05) is 6.07 Å². The predicted octanol–water partition coefficient (Wildman–Crippen LogP) is 3.20. The first-order chi connectivity index (χ1) is 12.1. The summed E-state index contributed by atoms with van der Waals surface area (Å²) in [6.45, 7) is 1.72. The van der Waals surface area contributed by atoms with Crippen LogP contribution in [-0.4, -0.2) is 42.7 Å². The van der Waals surface area contributed by atoms with Gasteiger partial charge in [0.05, 0.1) is 0 Å². The number of nitrogens with one attached hydrogen (secondary N) is 2. The van der Waals surface area contributed by atoms with Gasteiger partial charge in [-0.1, -0.05) is 29.3 Å². The zero-order valence-electron chi connectivity index (χ0n) is 13.9. The number of benzene rings is 1. The van der Waals surface area contributed by atoms with Crippen LogP contribution in [0.3, 0.4) is 0 Å². The molecule has 0 saturated carbocycles. The molecule has 0 spiro atoms. The SMILES string of the molecule is COCCCNC(=O)c1ccnc(NCCc2ccc(Cl)cc2Cl)n1. The van der Waals surface area contributed by atoms with Gasteiger partial charge in [-0.05, 0) is 36.6 Å². The lowest BCUT2D eigenvalue weighted by atomic mass is 10.1. The number of halogens is 2. The van der Waals surface area contributed by atoms with Crippen LogP contribution in [-0.2, 0) is 11.2 Å². The van der Waals surface area contributed by atoms with Gasteiger partial charge < -0.3 is 15.4 Å². The molecule has 2 rings (SSSR count). The quantitative estimate of drug-likeness (QED) is 0.651. The summed E-state index contributed by atoms with van der Waals surface area (Å²) < 4.78 is 4.94. The van der Waals surface area contributed by atoms with Crippen LogP contribution in [0.15, 0.2) is 30.5 Å². The summed E-state index contributed by atoms with van der Waals surface area (Å²) in [4.78, 5) is 20.4. The van der Waals surface area contributed by atoms with Crippen molar-refractivity contribution in [1.82, 2.24) is 15.3 Å². The minimum absolute atomic E-state index is 0.234. The van der Waals surface area contributed by atoms with Crippen molar-refractivity contribution in [2.75, 3.05) is 32.1 Å². The second-order valence-electron chi connectivity index (χ2n) is 5.28. The monoisotopic (exact) mass is 382 g/mol. The van der Waals surface area contributed by atoms with Gasteiger partial charge in [-0.15, -0.1) is 0 Å². The van der Waals surface area contributed by atoms with Crippen molar-refractivity contribution in [3.05, 3.63) is 51.8 Å². The maximum absolute atomic E-state index is 12.0. The van der Waals surface area contributed by atoms with Gasteiger partial charge >= 0.3 is 0 Å². The van der Waals surface area contributed by atoms with Gasteiger partial charge in [-0.25, -0.2) is 9.97 Å². The van der Waals surface area contributed by atoms with E-state index in [4.69, 9.17) is 27.9 Å². The lowest BCUT2D eigenvalue weighted by Gasteiger charge is -2.08. The van der Waals surface area contributed by atoms with Crippen LogP contribution < -0.4 is 10.6 Å². The standard InChI is InChI=1S/C17H20Cl2N4O2/c1-25-10-2-7-20-16(24)15-6-9-22-17(23-15)21-8-5-12-3-4-13(18)11-14(12)19/h3-4,6,9,11H,2,5,7-8,10H2,1H3,(H,20,24)(H,21,22,23). The molecule has 0 aliphatic heterocycles. The van der Waals surface area contributed by atoms with E-state index >= 15 is 0 Å². The smallest absolute Gasteiger partial charge is 0.270 e. The Bertz CT molecular complexity index is 713. The molecule has 0 saturated heterocycles. The van der Waals surface area contributed by atoms with Crippen molar-refractivity contribution in [2.45, 2.75) is 12.8 Å². The minimum atomic E-state index is -0.234. The first-order valence-electron chi connectivity index (χ1n) is 7.88. The second-order valence-corrected chi connectivity index (χ2v) is 6.12. The van der Waals surface area contributed by atoms with E-state index in [9.17, 15) is 4.79 Å². The average Bonchev–Trinajstić information content (AvgIpc) is 2.61. The van der Waals surface area contributed by atoms with Crippen molar-refractivity contribution in [1.29, 1.82) is 0 Å². The van der Waals surface area contributed by atoms with Gasteiger partial charge in [-0.2, -0.15) is 0 Å². The molecule has 0 atom stereocenters. The Morgan fingerprint density at radius 3 is 2.84 bits per heavy atom. The van der Waals surface area contributed by atoms with E-state index in [1.165, 1.54) is 0 Å². The van der Waals surface area contributed by atoms with Gasteiger partial charge in [0.2, 0.25) is 5.95 Å². The molecule has 0 radical (unpaired) electrons. The lowest BCUT2D eigenvalue weighted by molar-refractivity contribution is 0.0943. The number of hydrogen-bond donors (Lipinski definition) is 2. The Hall–Kier alpha value is -1.89. The highest BCUT2D eigenvalue weighted by molar-refractivity contribution is 6.35. The summed E-state index contributed by atoms with van der Waals surface area (Å²) >= 11 is 12.0. The molecule has 0 aliphatic carbocycles. The fourth-order valence-electron chi connectivity index (χ4n) is 2.11. The fraction of sp³-hybridized carbons (Fsp3) is 0.353. The molecule has 6 nitrogen and oxygen atoms in total. The Labute approximate surface area is 156 Å². The number of aromatic nitrogens is 2. The van der Waals surface area contributed by atoms with Gasteiger partial charge in [0, 0.05) is 43.0 Å². The summed E-state index contributed by atoms with van der Waals surface area (Å²) in [6.07, 6.45) is 2.99. The van der Waals surface area contributed by atoms with Crippen LogP contribution in [0.2, 0.25) is 10.0 Å². The molecule has 0 fully saturated rings. The van der Waals surface area contributed by atoms with Crippen LogP contribution in [0.25, 0.3) is 0 Å². The normalized spacial score (nSPS) is 10.5. The van der Waals surface area contributed by atoms with E-state index < -0.39 is 0 Å². The van der Waals surface area contributed by atoms with E-state index in [0.717, 1.165) is 12.0 Å². The first-order valence-corrected chi connectivity index (χ1v) is 8.63. The number of hydrogen-bond acceptors (Lipinski definition) is 5. The molecule has 2 N–H and O–H groups in total. The third-order valence-electron chi connectivity index (χ3n) is 3.39. The fourth-order valence-corrected chi connectivity index (χ4v) is 2.62. The maximum Gasteiger partial charge on any atom is 0.270 e. The molecule has 1 aromatic heterocycles. The van der Waals surface area contributed by atoms with Crippen LogP contribution in [0.1, 0.15) is 22.5 Å². The number of carbonyl (C=O) groups is 1. The molecule has 2 aromatic rings. The number of anilines is 1. The molecule has 0 unspecified atom stereocenters. The molecule has 1 heterocycles. The largest absolute Gasteiger partial charge is 0.385 e. The highest BCUT2D eigenvalue weighted by Crippen LogP contribution is 2.21. The van der Waals surface area contributed by atoms with Gasteiger partial charge in [0.25, 0.3) is 5.91 Å². The molecular formula is C17H20Cl2N4O2. The number of nitrogens with zero attached hydrogens (tertiary/aromatic N) is 2. The second kappa shape index (κ2) is 10.2. The van der Waals surface area contributed by atoms with E-state index in [0.29, 0.717) is 47.8 Å². The highest BCUT2D eigenvalue weighted by Gasteiger charge is 2.08. The Kier molecular flexibility index (Phi) is 7.91. The zero-order valence-corrected chi connectivity index (χ0v) is 15.4. The molecule has 134 valence electrons. The van der Waals surface area contributed by atoms with E-state index in [-0.39, 0.29) is 5.91 Å². The lowest BCUT2D eigenvalue weighted by Crippen LogP contribution is -2.26. The molecular weight excluding hydrogens is 363 g/mol. The predicted molar refractivity (Wildman–Crippen MR) is 99.5 cm³/mol. The molecule has 1 amide bonds. The van der Waals surface area contributed by atoms with Crippen molar-refractivity contribution >= 4 is 35.1 Å². The van der Waals surface area contributed by atoms with Crippen molar-refractivity contribution in [3.63, 3.8) is 0 Å². The van der Waals surface area contributed by atoms with Crippen LogP contribution >= 0.6 is 23.2 Å². The number of rotatable bonds is 9. The number of ether oxygens (including phenoxy) is 1. The summed E-state index contributed by atoms with van der Waals surface area (Å²) in [7, 11) is 1.63. The first kappa shape index (κ1) is 19.4. The number of methoxy groups -OCH3 is 1. The molecule has 0 bridgehead atoms. The van der Waals surface area contributed by atoms with Crippen molar-refractivity contribution < 1.29 is 9.53 Å². The third kappa shape index (κ3) is 6.49. The summed E-state index contributed by atoms with van der Waals surface area (Å²) in [5.74, 6) is 0.164. The van der Waals surface area contributed by atoms with Crippen LogP contribution in [0.4, 0.5) is 5.95 Å². The van der Waals surface area contributed by atoms with Crippen LogP contribution in [0, 0.1) is 0 Å². The molecule has 8 heteroatoms. The summed E-state index contributed by atoms with van der Waals surface area (Å²) in [5.41, 5.74) is 1.30. The number of carbonyl (C=O) groups excluding carboxylic acids is 1. The third-order valence-corrected chi connectivity index (χ3v) is 3.98. The average molecular weight is 383 g/mol. The van der Waals surface area contributed by atoms with E-state index in [1.54, 1.807) is 31.5 Å². The Balaban J connectivity index is 1.85. The zero-order chi connectivity index (χ0) is 18.1. The number of amides is 1. The van der Waals surface area contributed by atoms with Gasteiger partial charge in [0.1, 0.15) is 5.69 Å². The van der Waals surface area contributed by atoms with E-state index in [2.05, 4.69) is 20.6 Å². The topological polar surface area (TPSA) is 76.1 Å². The Morgan fingerprint density at radius 2 is 2.08 bits per heavy atom. The van der Waals surface area contributed by atoms with Crippen LogP contribution in [0.5, 0.6) is 0 Å². The Morgan fingerprint density at radius 1 is 1.24 bits per heavy atom. The summed E-state index contributed by atoms with van der Waals surface area (Å²) in [6, 6.07) is 6.97. The van der Waals surface area contributed by atoms with Crippen molar-refractivity contribution in [2.24, 2.45) is 0 Å². The summed E-state index contributed by atoms with van der Waals surface area (Å²) in [5, 5.41) is 7.11.